The smallest absolute Gasteiger partial charge is 0.277 e. The van der Waals surface area contributed by atoms with Gasteiger partial charge in [0.1, 0.15) is 17.3 Å². The van der Waals surface area contributed by atoms with Crippen LogP contribution in [0.4, 0.5) is 20.2 Å². The number of carbonyl (C=O) groups excluding carboxylic acids is 1. The maximum Gasteiger partial charge on any atom is 0.277 e. The highest BCUT2D eigenvalue weighted by Crippen LogP contribution is 2.25. The number of nitrogens with one attached hydrogen (secondary N) is 2. The lowest BCUT2D eigenvalue weighted by Gasteiger charge is -2.29. The summed E-state index contributed by atoms with van der Waals surface area (Å²) in [5, 5.41) is 15.9. The first kappa shape index (κ1) is 34.7. The van der Waals surface area contributed by atoms with Gasteiger partial charge >= 0.3 is 0 Å². The number of ether oxygens (including phenoxy) is 1. The zero-order valence-corrected chi connectivity index (χ0v) is 26.7. The largest absolute Gasteiger partial charge is 0.378 e. The van der Waals surface area contributed by atoms with Gasteiger partial charge in [0.2, 0.25) is 0 Å². The van der Waals surface area contributed by atoms with Crippen molar-refractivity contribution >= 4 is 17.2 Å². The van der Waals surface area contributed by atoms with E-state index >= 15 is 0 Å². The number of aromatic nitrogens is 2. The first-order valence-electron chi connectivity index (χ1n) is 15.3. The summed E-state index contributed by atoms with van der Waals surface area (Å²) in [6.07, 6.45) is 4.30. The third kappa shape index (κ3) is 8.76. The molecule has 2 N–H and O–H groups in total. The van der Waals surface area contributed by atoms with E-state index in [-0.39, 0.29) is 17.9 Å². The molecule has 1 fully saturated rings. The molecule has 1 aromatic heterocycles. The molecule has 1 saturated heterocycles. The molecule has 0 amide bonds. The van der Waals surface area contributed by atoms with Gasteiger partial charge in [0, 0.05) is 47.7 Å². The first-order chi connectivity index (χ1) is 22.9. The first-order valence-corrected chi connectivity index (χ1v) is 15.3. The Hall–Kier alpha value is -5.18. The van der Waals surface area contributed by atoms with E-state index < -0.39 is 5.82 Å². The number of hydrogen-bond donors (Lipinski definition) is 2. The van der Waals surface area contributed by atoms with Gasteiger partial charge < -0.3 is 20.3 Å². The van der Waals surface area contributed by atoms with Crippen LogP contribution < -0.4 is 21.1 Å². The monoisotopic (exact) mass is 640 g/mol. The van der Waals surface area contributed by atoms with Gasteiger partial charge in [-0.1, -0.05) is 25.1 Å². The van der Waals surface area contributed by atoms with Crippen LogP contribution in [0.1, 0.15) is 40.4 Å². The molecule has 244 valence electrons. The van der Waals surface area contributed by atoms with Crippen LogP contribution in [0, 0.1) is 17.1 Å². The minimum atomic E-state index is -0.422. The van der Waals surface area contributed by atoms with Crippen molar-refractivity contribution in [3.63, 3.8) is 0 Å². The van der Waals surface area contributed by atoms with Crippen LogP contribution in [0.25, 0.3) is 11.4 Å². The lowest BCUT2D eigenvalue weighted by Crippen LogP contribution is -2.36. The number of allylic oxidation sites excluding steroid dienone is 1. The highest BCUT2D eigenvalue weighted by molar-refractivity contribution is 6.09. The minimum Gasteiger partial charge on any atom is -0.378 e. The fraction of sp³-hybridized carbons (Fsp3) is 0.278. The summed E-state index contributed by atoms with van der Waals surface area (Å²) in [6.45, 7) is 5.08. The van der Waals surface area contributed by atoms with E-state index in [1.807, 2.05) is 38.2 Å². The number of nitrogens with zero attached hydrogens (tertiary/aromatic N) is 4. The Kier molecular flexibility index (Phi) is 12.5. The van der Waals surface area contributed by atoms with E-state index in [0.717, 1.165) is 17.8 Å². The van der Waals surface area contributed by atoms with Gasteiger partial charge in [0.25, 0.3) is 5.56 Å². The summed E-state index contributed by atoms with van der Waals surface area (Å²) < 4.78 is 30.2. The van der Waals surface area contributed by atoms with Crippen LogP contribution in [-0.4, -0.2) is 62.4 Å². The van der Waals surface area contributed by atoms with Crippen molar-refractivity contribution in [3.8, 4) is 17.5 Å². The second-order valence-electron chi connectivity index (χ2n) is 10.7. The topological polar surface area (TPSA) is 112 Å². The maximum atomic E-state index is 14.1. The third-order valence-electron chi connectivity index (χ3n) is 7.47. The van der Waals surface area contributed by atoms with Crippen molar-refractivity contribution in [2.75, 3.05) is 57.3 Å². The second kappa shape index (κ2) is 16.9. The fourth-order valence-electron chi connectivity index (χ4n) is 5.31. The molecule has 5 rings (SSSR count). The molecular weight excluding hydrogens is 602 g/mol. The summed E-state index contributed by atoms with van der Waals surface area (Å²) in [6, 6.07) is 20.1. The Balaban J connectivity index is 0.00000245. The van der Waals surface area contributed by atoms with Crippen molar-refractivity contribution < 1.29 is 18.3 Å². The highest BCUT2D eigenvalue weighted by Gasteiger charge is 2.19. The number of halogens is 2. The van der Waals surface area contributed by atoms with E-state index in [9.17, 15) is 23.6 Å². The number of morpholine rings is 1. The average Bonchev–Trinajstić information content (AvgIpc) is 3.11. The van der Waals surface area contributed by atoms with Crippen LogP contribution in [0.5, 0.6) is 0 Å². The number of anilines is 2. The number of carbonyl (C=O) groups is 1. The fourth-order valence-corrected chi connectivity index (χ4v) is 5.31. The lowest BCUT2D eigenvalue weighted by atomic mass is 9.99. The molecule has 0 spiro atoms. The van der Waals surface area contributed by atoms with Gasteiger partial charge in [-0.15, -0.1) is 0 Å². The highest BCUT2D eigenvalue weighted by atomic mass is 19.1. The number of nitriles is 1. The Morgan fingerprint density at radius 1 is 1.06 bits per heavy atom. The molecule has 11 heteroatoms. The SMILES string of the molecule is CCC=C(CNC)Nc1cnc(-c2cccc(C#N)c2)n(Cc2cc(C(=O)c3ccc(F)cc3)cc(N3CCOCC3)c2)c1=O.CF. The molecule has 0 unspecified atom stereocenters. The number of hydrogen-bond acceptors (Lipinski definition) is 8. The van der Waals surface area contributed by atoms with Crippen LogP contribution in [0.2, 0.25) is 0 Å². The van der Waals surface area contributed by atoms with E-state index in [0.29, 0.717) is 79.4 Å². The second-order valence-corrected chi connectivity index (χ2v) is 10.7. The van der Waals surface area contributed by atoms with Gasteiger partial charge in [0.15, 0.2) is 5.78 Å². The van der Waals surface area contributed by atoms with E-state index in [1.165, 1.54) is 30.5 Å². The van der Waals surface area contributed by atoms with Crippen molar-refractivity contribution in [2.45, 2.75) is 19.9 Å². The molecule has 0 saturated carbocycles. The zero-order valence-electron chi connectivity index (χ0n) is 26.7. The lowest BCUT2D eigenvalue weighted by molar-refractivity contribution is 0.103. The number of alkyl halides is 1. The minimum absolute atomic E-state index is 0.105. The number of rotatable bonds is 11. The van der Waals surface area contributed by atoms with Crippen molar-refractivity contribution in [1.82, 2.24) is 14.9 Å². The van der Waals surface area contributed by atoms with Gasteiger partial charge in [-0.05, 0) is 73.6 Å². The molecule has 0 bridgehead atoms. The molecule has 1 aliphatic rings. The van der Waals surface area contributed by atoms with Crippen LogP contribution in [0.3, 0.4) is 0 Å². The molecule has 2 heterocycles. The molecule has 4 aromatic rings. The predicted molar refractivity (Wildman–Crippen MR) is 180 cm³/mol. The quantitative estimate of drug-likeness (QED) is 0.206. The van der Waals surface area contributed by atoms with E-state index in [1.54, 1.807) is 28.8 Å². The standard InChI is InChI=1S/C35H35FN6O3.CH3F/c1-3-5-30(21-38-2)40-32-22-39-34(27-7-4-6-24(16-27)20-37)42(35(32)44)23-25-17-28(33(43)26-8-10-29(36)11-9-26)19-31(18-25)41-12-14-45-15-13-41;1-2/h4-11,16-19,22,38,40H,3,12-15,21,23H2,1-2H3;1H3. The van der Waals surface area contributed by atoms with Crippen molar-refractivity contribution in [2.24, 2.45) is 0 Å². The molecule has 1 aliphatic heterocycles. The van der Waals surface area contributed by atoms with Crippen molar-refractivity contribution in [3.05, 3.63) is 123 Å². The van der Waals surface area contributed by atoms with E-state index in [2.05, 4.69) is 21.6 Å². The van der Waals surface area contributed by atoms with Gasteiger partial charge in [-0.2, -0.15) is 5.26 Å². The molecule has 0 aliphatic carbocycles. The number of likely N-dealkylation sites (N-methyl/N-ethyl adjacent to an activating group) is 1. The summed E-state index contributed by atoms with van der Waals surface area (Å²) in [5.74, 6) is -0.287. The van der Waals surface area contributed by atoms with Gasteiger partial charge in [-0.3, -0.25) is 18.5 Å². The summed E-state index contributed by atoms with van der Waals surface area (Å²) >= 11 is 0. The Morgan fingerprint density at radius 3 is 2.49 bits per heavy atom. The van der Waals surface area contributed by atoms with Gasteiger partial charge in [-0.25, -0.2) is 9.37 Å². The predicted octanol–water partition coefficient (Wildman–Crippen LogP) is 5.55. The summed E-state index contributed by atoms with van der Waals surface area (Å²) in [7, 11) is 2.33. The summed E-state index contributed by atoms with van der Waals surface area (Å²) in [5.41, 5.74) is 4.22. The maximum absolute atomic E-state index is 14.1. The number of ketones is 1. The third-order valence-corrected chi connectivity index (χ3v) is 7.47. The van der Waals surface area contributed by atoms with E-state index in [4.69, 9.17) is 9.72 Å². The van der Waals surface area contributed by atoms with Crippen LogP contribution in [-0.2, 0) is 11.3 Å². The Morgan fingerprint density at radius 2 is 1.81 bits per heavy atom. The Labute approximate surface area is 273 Å². The molecule has 47 heavy (non-hydrogen) atoms. The van der Waals surface area contributed by atoms with Crippen molar-refractivity contribution in [1.29, 1.82) is 5.26 Å². The summed E-state index contributed by atoms with van der Waals surface area (Å²) in [4.78, 5) is 34.6. The van der Waals surface area contributed by atoms with Crippen LogP contribution >= 0.6 is 0 Å². The average molecular weight is 641 g/mol. The van der Waals surface area contributed by atoms with Crippen LogP contribution in [0.15, 0.2) is 89.5 Å². The molecule has 0 atom stereocenters. The Bertz CT molecular complexity index is 1810. The molecule has 0 radical (unpaired) electrons. The normalized spacial score (nSPS) is 12.9. The molecular formula is C36H38F2N6O3. The number of benzene rings is 3. The molecule has 3 aromatic carbocycles. The molecule has 9 nitrogen and oxygen atoms in total. The zero-order chi connectivity index (χ0) is 33.8. The van der Waals surface area contributed by atoms with Gasteiger partial charge in [0.05, 0.1) is 44.8 Å².